The summed E-state index contributed by atoms with van der Waals surface area (Å²) in [5, 5.41) is 0. The highest BCUT2D eigenvalue weighted by Crippen LogP contribution is 2.26. The summed E-state index contributed by atoms with van der Waals surface area (Å²) >= 11 is 3.48. The molecule has 1 aromatic heterocycles. The smallest absolute Gasteiger partial charge is 0.325 e. The molecule has 0 radical (unpaired) electrons. The minimum absolute atomic E-state index is 0.210. The van der Waals surface area contributed by atoms with E-state index >= 15 is 0 Å². The normalized spacial score (nSPS) is 10.0. The monoisotopic (exact) mass is 286 g/mol. The third-order valence-electron chi connectivity index (χ3n) is 2.29. The molecule has 0 saturated heterocycles. The molecule has 1 aromatic rings. The van der Waals surface area contributed by atoms with Crippen molar-refractivity contribution in [1.82, 2.24) is 4.98 Å². The number of methoxy groups -OCH3 is 1. The Morgan fingerprint density at radius 1 is 1.62 bits per heavy atom. The van der Waals surface area contributed by atoms with E-state index in [2.05, 4.69) is 25.7 Å². The molecule has 0 spiro atoms. The van der Waals surface area contributed by atoms with E-state index in [0.29, 0.717) is 6.54 Å². The summed E-state index contributed by atoms with van der Waals surface area (Å²) in [4.78, 5) is 17.4. The van der Waals surface area contributed by atoms with E-state index in [0.717, 1.165) is 15.9 Å². The summed E-state index contributed by atoms with van der Waals surface area (Å²) in [5.74, 6) is 0.505. The number of aromatic nitrogens is 1. The number of carbonyl (C=O) groups excluding carboxylic acids is 1. The van der Waals surface area contributed by atoms with E-state index in [-0.39, 0.29) is 12.5 Å². The first-order valence-electron chi connectivity index (χ1n) is 5.03. The highest BCUT2D eigenvalue weighted by Gasteiger charge is 2.14. The molecule has 88 valence electrons. The molecule has 5 heteroatoms. The van der Waals surface area contributed by atoms with Crippen LogP contribution in [-0.2, 0) is 9.53 Å². The Morgan fingerprint density at radius 3 is 2.88 bits per heavy atom. The summed E-state index contributed by atoms with van der Waals surface area (Å²) in [6.45, 7) is 4.87. The van der Waals surface area contributed by atoms with Gasteiger partial charge in [0.25, 0.3) is 0 Å². The van der Waals surface area contributed by atoms with Crippen molar-refractivity contribution in [3.63, 3.8) is 0 Å². The molecule has 0 bridgehead atoms. The molecule has 16 heavy (non-hydrogen) atoms. The minimum Gasteiger partial charge on any atom is -0.468 e. The Balaban J connectivity index is 2.95. The topological polar surface area (TPSA) is 42.4 Å². The Kier molecular flexibility index (Phi) is 4.73. The molecule has 0 N–H and O–H groups in total. The molecule has 1 rings (SSSR count). The van der Waals surface area contributed by atoms with Gasteiger partial charge in [-0.3, -0.25) is 4.79 Å². The number of anilines is 1. The summed E-state index contributed by atoms with van der Waals surface area (Å²) in [6, 6.07) is 1.92. The fraction of sp³-hybridized carbons (Fsp3) is 0.455. The first-order valence-corrected chi connectivity index (χ1v) is 5.82. The molecule has 4 nitrogen and oxygen atoms in total. The van der Waals surface area contributed by atoms with Crippen molar-refractivity contribution in [3.8, 4) is 0 Å². The van der Waals surface area contributed by atoms with Crippen molar-refractivity contribution in [2.75, 3.05) is 25.1 Å². The van der Waals surface area contributed by atoms with Crippen LogP contribution in [0.25, 0.3) is 0 Å². The molecule has 0 aliphatic heterocycles. The largest absolute Gasteiger partial charge is 0.468 e. The van der Waals surface area contributed by atoms with Gasteiger partial charge in [-0.2, -0.15) is 0 Å². The third kappa shape index (κ3) is 2.95. The van der Waals surface area contributed by atoms with E-state index in [9.17, 15) is 4.79 Å². The second kappa shape index (κ2) is 5.84. The van der Waals surface area contributed by atoms with Gasteiger partial charge in [0.15, 0.2) is 0 Å². The van der Waals surface area contributed by atoms with E-state index in [1.807, 2.05) is 24.8 Å². The standard InChI is InChI=1S/C11H15BrN2O2/c1-4-14(7-9(15)16-3)11-10(12)8(2)5-6-13-11/h5-6H,4,7H2,1-3H3. The zero-order valence-electron chi connectivity index (χ0n) is 9.66. The van der Waals surface area contributed by atoms with Crippen LogP contribution in [0.4, 0.5) is 5.82 Å². The Labute approximate surface area is 104 Å². The van der Waals surface area contributed by atoms with Crippen LogP contribution >= 0.6 is 15.9 Å². The van der Waals surface area contributed by atoms with Gasteiger partial charge in [0.2, 0.25) is 0 Å². The first kappa shape index (κ1) is 13.0. The second-order valence-electron chi connectivity index (χ2n) is 3.36. The van der Waals surface area contributed by atoms with Crippen molar-refractivity contribution >= 4 is 27.7 Å². The van der Waals surface area contributed by atoms with Crippen LogP contribution in [0.5, 0.6) is 0 Å². The second-order valence-corrected chi connectivity index (χ2v) is 4.15. The zero-order chi connectivity index (χ0) is 12.1. The number of pyridine rings is 1. The number of carbonyl (C=O) groups is 1. The number of rotatable bonds is 4. The number of nitrogens with zero attached hydrogens (tertiary/aromatic N) is 2. The molecule has 0 fully saturated rings. The van der Waals surface area contributed by atoms with Gasteiger partial charge in [0, 0.05) is 12.7 Å². The van der Waals surface area contributed by atoms with Gasteiger partial charge in [-0.1, -0.05) is 0 Å². The lowest BCUT2D eigenvalue weighted by Gasteiger charge is -2.22. The average Bonchev–Trinajstić information content (AvgIpc) is 2.29. The number of esters is 1. The molecule has 0 aliphatic rings. The van der Waals surface area contributed by atoms with Gasteiger partial charge in [0.1, 0.15) is 12.4 Å². The maximum Gasteiger partial charge on any atom is 0.325 e. The number of hydrogen-bond donors (Lipinski definition) is 0. The number of aryl methyl sites for hydroxylation is 1. The van der Waals surface area contributed by atoms with Gasteiger partial charge in [-0.25, -0.2) is 4.98 Å². The van der Waals surface area contributed by atoms with Crippen molar-refractivity contribution in [2.45, 2.75) is 13.8 Å². The van der Waals surface area contributed by atoms with Crippen LogP contribution in [0.2, 0.25) is 0 Å². The predicted molar refractivity (Wildman–Crippen MR) is 66.6 cm³/mol. The van der Waals surface area contributed by atoms with Crippen LogP contribution in [0.1, 0.15) is 12.5 Å². The lowest BCUT2D eigenvalue weighted by molar-refractivity contribution is -0.138. The molecule has 0 saturated carbocycles. The molecule has 0 atom stereocenters. The Bertz CT molecular complexity index is 382. The summed E-state index contributed by atoms with van der Waals surface area (Å²) < 4.78 is 5.57. The average molecular weight is 287 g/mol. The van der Waals surface area contributed by atoms with Gasteiger partial charge in [0.05, 0.1) is 11.6 Å². The van der Waals surface area contributed by atoms with Gasteiger partial charge >= 0.3 is 5.97 Å². The van der Waals surface area contributed by atoms with Crippen LogP contribution < -0.4 is 4.90 Å². The maximum absolute atomic E-state index is 11.2. The van der Waals surface area contributed by atoms with Gasteiger partial charge < -0.3 is 9.64 Å². The number of ether oxygens (including phenoxy) is 1. The van der Waals surface area contributed by atoms with E-state index in [1.165, 1.54) is 7.11 Å². The van der Waals surface area contributed by atoms with Crippen molar-refractivity contribution in [3.05, 3.63) is 22.3 Å². The van der Waals surface area contributed by atoms with E-state index in [4.69, 9.17) is 0 Å². The Hall–Kier alpha value is -1.10. The van der Waals surface area contributed by atoms with Crippen molar-refractivity contribution in [2.24, 2.45) is 0 Å². The quantitative estimate of drug-likeness (QED) is 0.796. The summed E-state index contributed by atoms with van der Waals surface area (Å²) in [7, 11) is 1.38. The van der Waals surface area contributed by atoms with Crippen molar-refractivity contribution < 1.29 is 9.53 Å². The van der Waals surface area contributed by atoms with Gasteiger partial charge in [-0.15, -0.1) is 0 Å². The summed E-state index contributed by atoms with van der Waals surface area (Å²) in [6.07, 6.45) is 1.73. The maximum atomic E-state index is 11.2. The molecule has 0 amide bonds. The fourth-order valence-corrected chi connectivity index (χ4v) is 1.79. The van der Waals surface area contributed by atoms with Crippen molar-refractivity contribution in [1.29, 1.82) is 0 Å². The molecule has 0 aliphatic carbocycles. The van der Waals surface area contributed by atoms with Crippen LogP contribution in [0.3, 0.4) is 0 Å². The number of likely N-dealkylation sites (N-methyl/N-ethyl adjacent to an activating group) is 1. The molecule has 0 unspecified atom stereocenters. The van der Waals surface area contributed by atoms with E-state index < -0.39 is 0 Å². The SMILES string of the molecule is CCN(CC(=O)OC)c1nccc(C)c1Br. The molecular formula is C11H15BrN2O2. The lowest BCUT2D eigenvalue weighted by Crippen LogP contribution is -2.31. The lowest BCUT2D eigenvalue weighted by atomic mass is 10.3. The van der Waals surface area contributed by atoms with Crippen LogP contribution in [0.15, 0.2) is 16.7 Å². The highest BCUT2D eigenvalue weighted by molar-refractivity contribution is 9.10. The van der Waals surface area contributed by atoms with E-state index in [1.54, 1.807) is 6.20 Å². The fourth-order valence-electron chi connectivity index (χ4n) is 1.30. The minimum atomic E-state index is -0.267. The van der Waals surface area contributed by atoms with Gasteiger partial charge in [-0.05, 0) is 41.4 Å². The molecular weight excluding hydrogens is 272 g/mol. The first-order chi connectivity index (χ1) is 7.60. The summed E-state index contributed by atoms with van der Waals surface area (Å²) in [5.41, 5.74) is 1.09. The van der Waals surface area contributed by atoms with Crippen LogP contribution in [0, 0.1) is 6.92 Å². The third-order valence-corrected chi connectivity index (χ3v) is 3.27. The zero-order valence-corrected chi connectivity index (χ0v) is 11.2. The molecule has 1 heterocycles. The number of hydrogen-bond acceptors (Lipinski definition) is 4. The Morgan fingerprint density at radius 2 is 2.31 bits per heavy atom. The van der Waals surface area contributed by atoms with Crippen LogP contribution in [-0.4, -0.2) is 31.2 Å². The predicted octanol–water partition coefficient (Wildman–Crippen LogP) is 2.15. The number of halogens is 1. The highest BCUT2D eigenvalue weighted by atomic mass is 79.9. The molecule has 0 aromatic carbocycles.